The molecular weight excluding hydrogens is 1070 g/mol. The second kappa shape index (κ2) is 32.3. The van der Waals surface area contributed by atoms with Crippen LogP contribution < -0.4 is 16.0 Å². The van der Waals surface area contributed by atoms with Gasteiger partial charge in [-0.25, -0.2) is 0 Å². The van der Waals surface area contributed by atoms with Crippen molar-refractivity contribution in [3.8, 4) is 0 Å². The molecule has 0 aliphatic carbocycles. The lowest BCUT2D eigenvalue weighted by Gasteiger charge is -2.38. The average molecular weight is 1170 g/mol. The summed E-state index contributed by atoms with van der Waals surface area (Å²) in [7, 11) is 8.50. The molecule has 2 saturated heterocycles. The molecule has 1 aromatic carbocycles. The van der Waals surface area contributed by atoms with Gasteiger partial charge in [-0.1, -0.05) is 78.3 Å². The van der Waals surface area contributed by atoms with Crippen LogP contribution in [0.4, 0.5) is 0 Å². The fourth-order valence-corrected chi connectivity index (χ4v) is 11.0. The predicted octanol–water partition coefficient (Wildman–Crippen LogP) is 2.39. The van der Waals surface area contributed by atoms with E-state index >= 15 is 0 Å². The standard InChI is InChI=1S/C59H98N10O12S/c1-18-38(6)50-53(75)61-43(56(78)69-27-23-20-24-28-69)34-82-35-48(72)64(13)39(7)54(76)67(16)46(31-41-25-21-19-22-26-41)57(79)66(15)45(30-37(4)5)52(74)62-49(40(8)70)58(80)63(12)32-47(71)65(14)44(29-36(2)3)51(73)60-42(55(77)68(50)17)33-81-59(9,10)11/h19,21-22,25-26,36-40,42-46,49-50,70H,18,20,23-24,27-35H2,1-17H3,(H,60,73)(H,61,75)(H,62,74)/t38-,39-,40+,42-,43-,44-,45-,46-,49-,50-/m0/s1. The molecule has 82 heavy (non-hydrogen) atoms. The van der Waals surface area contributed by atoms with Gasteiger partial charge in [0.05, 0.1) is 30.6 Å². The SMILES string of the molecule is CC[C@H](C)[C@H]1C(=O)N[C@H](C(=O)N2CCCCC2)CSCC(=O)N(C)[C@@H](C)C(=O)N(C)[C@@H](Cc2ccccc2)C(=O)N(C)[C@@H](CC(C)C)C(=O)N[C@@H]([C@@H](C)O)C(=O)N(C)CC(=O)N(C)[C@@H](CC(C)C)C(=O)N[C@@H](COC(C)(C)C)C(=O)N1C. The summed E-state index contributed by atoms with van der Waals surface area (Å²) >= 11 is 1.09. The number of carbonyl (C=O) groups excluding carboxylic acids is 10. The fourth-order valence-electron chi connectivity index (χ4n) is 9.99. The third kappa shape index (κ3) is 20.2. The third-order valence-corrected chi connectivity index (χ3v) is 16.5. The van der Waals surface area contributed by atoms with Gasteiger partial charge in [-0.15, -0.1) is 11.8 Å². The highest BCUT2D eigenvalue weighted by atomic mass is 32.2. The minimum Gasteiger partial charge on any atom is -0.391 e. The van der Waals surface area contributed by atoms with Gasteiger partial charge >= 0.3 is 0 Å². The van der Waals surface area contributed by atoms with E-state index in [1.54, 1.807) is 56.9 Å². The zero-order valence-corrected chi connectivity index (χ0v) is 52.8. The second-order valence-electron chi connectivity index (χ2n) is 24.2. The molecule has 2 aliphatic heterocycles. The molecule has 0 spiro atoms. The van der Waals surface area contributed by atoms with Crippen molar-refractivity contribution in [1.29, 1.82) is 0 Å². The Morgan fingerprint density at radius 1 is 0.671 bits per heavy atom. The number of hydrogen-bond acceptors (Lipinski definition) is 13. The van der Waals surface area contributed by atoms with Gasteiger partial charge in [0.2, 0.25) is 59.1 Å². The monoisotopic (exact) mass is 1170 g/mol. The summed E-state index contributed by atoms with van der Waals surface area (Å²) < 4.78 is 6.11. The Morgan fingerprint density at radius 3 is 1.76 bits per heavy atom. The molecule has 0 bridgehead atoms. The number of likely N-dealkylation sites (N-methyl/N-ethyl adjacent to an activating group) is 6. The van der Waals surface area contributed by atoms with Gasteiger partial charge in [-0.05, 0) is 90.0 Å². The number of likely N-dealkylation sites (tertiary alicyclic amines) is 1. The van der Waals surface area contributed by atoms with Crippen LogP contribution in [0.5, 0.6) is 0 Å². The third-order valence-electron chi connectivity index (χ3n) is 15.5. The Bertz CT molecular complexity index is 2350. The summed E-state index contributed by atoms with van der Waals surface area (Å²) in [5.41, 5.74) is -0.0864. The zero-order chi connectivity index (χ0) is 62.1. The molecule has 22 nitrogen and oxygen atoms in total. The van der Waals surface area contributed by atoms with Crippen molar-refractivity contribution in [2.45, 2.75) is 181 Å². The van der Waals surface area contributed by atoms with Crippen LogP contribution >= 0.6 is 11.8 Å². The van der Waals surface area contributed by atoms with E-state index in [4.69, 9.17) is 4.74 Å². The van der Waals surface area contributed by atoms with E-state index in [-0.39, 0.29) is 55.1 Å². The number of carbonyl (C=O) groups is 10. The smallest absolute Gasteiger partial charge is 0.248 e. The van der Waals surface area contributed by atoms with E-state index in [1.165, 1.54) is 80.6 Å². The van der Waals surface area contributed by atoms with Crippen LogP contribution in [-0.2, 0) is 59.1 Å². The second-order valence-corrected chi connectivity index (χ2v) is 25.3. The van der Waals surface area contributed by atoms with Crippen molar-refractivity contribution < 1.29 is 57.8 Å². The lowest BCUT2D eigenvalue weighted by atomic mass is 9.95. The largest absolute Gasteiger partial charge is 0.391 e. The van der Waals surface area contributed by atoms with Crippen LogP contribution in [0.3, 0.4) is 0 Å². The number of aliphatic hydroxyl groups excluding tert-OH is 1. The molecule has 10 atom stereocenters. The molecule has 3 rings (SSSR count). The maximum absolute atomic E-state index is 15.0. The van der Waals surface area contributed by atoms with Crippen molar-refractivity contribution in [3.05, 3.63) is 35.9 Å². The molecule has 23 heteroatoms. The topological polar surface area (TPSA) is 259 Å². The zero-order valence-electron chi connectivity index (χ0n) is 52.0. The van der Waals surface area contributed by atoms with E-state index in [9.17, 15) is 53.1 Å². The summed E-state index contributed by atoms with van der Waals surface area (Å²) in [6.07, 6.45) is 1.66. The maximum Gasteiger partial charge on any atom is 0.248 e. The molecule has 0 unspecified atom stereocenters. The molecule has 1 aromatic rings. The highest BCUT2D eigenvalue weighted by molar-refractivity contribution is 8.00. The molecular formula is C59H98N10O12S. The first-order valence-electron chi connectivity index (χ1n) is 28.9. The number of benzene rings is 1. The number of amides is 10. The summed E-state index contributed by atoms with van der Waals surface area (Å²) in [6, 6.07) is -1.01. The molecule has 2 aliphatic rings. The molecule has 462 valence electrons. The lowest BCUT2D eigenvalue weighted by Crippen LogP contribution is -2.62. The molecule has 2 heterocycles. The minimum absolute atomic E-state index is 0.0242. The number of ether oxygens (including phenoxy) is 1. The number of nitrogens with zero attached hydrogens (tertiary/aromatic N) is 7. The number of nitrogens with one attached hydrogen (secondary N) is 3. The van der Waals surface area contributed by atoms with E-state index in [0.29, 0.717) is 25.1 Å². The van der Waals surface area contributed by atoms with Crippen LogP contribution in [-0.4, -0.2) is 239 Å². The van der Waals surface area contributed by atoms with Gasteiger partial charge in [0, 0.05) is 67.5 Å². The van der Waals surface area contributed by atoms with Gasteiger partial charge < -0.3 is 60.1 Å². The first-order chi connectivity index (χ1) is 38.2. The Labute approximate surface area is 491 Å². The molecule has 4 N–H and O–H groups in total. The number of thioether (sulfide) groups is 1. The van der Waals surface area contributed by atoms with Gasteiger partial charge in [-0.2, -0.15) is 0 Å². The van der Waals surface area contributed by atoms with Crippen LogP contribution in [0.2, 0.25) is 0 Å². The normalized spacial score (nSPS) is 26.0. The van der Waals surface area contributed by atoms with Gasteiger partial charge in [-0.3, -0.25) is 47.9 Å². The van der Waals surface area contributed by atoms with E-state index in [1.807, 2.05) is 40.7 Å². The van der Waals surface area contributed by atoms with Crippen molar-refractivity contribution in [2.24, 2.45) is 17.8 Å². The Hall–Kier alpha value is -5.81. The fraction of sp³-hybridized carbons (Fsp3) is 0.729. The van der Waals surface area contributed by atoms with Crippen LogP contribution in [0.25, 0.3) is 0 Å². The highest BCUT2D eigenvalue weighted by Crippen LogP contribution is 2.23. The quantitative estimate of drug-likeness (QED) is 0.235. The van der Waals surface area contributed by atoms with Crippen molar-refractivity contribution in [3.63, 3.8) is 0 Å². The van der Waals surface area contributed by atoms with Crippen molar-refractivity contribution >= 4 is 70.8 Å². The molecule has 0 saturated carbocycles. The molecule has 0 aromatic heterocycles. The Balaban J connectivity index is 2.25. The van der Waals surface area contributed by atoms with Crippen molar-refractivity contribution in [1.82, 2.24) is 50.2 Å². The van der Waals surface area contributed by atoms with E-state index < -0.39 is 126 Å². The number of aliphatic hydroxyl groups is 1. The van der Waals surface area contributed by atoms with E-state index in [2.05, 4.69) is 16.0 Å². The Morgan fingerprint density at radius 2 is 1.22 bits per heavy atom. The van der Waals surface area contributed by atoms with Gasteiger partial charge in [0.25, 0.3) is 0 Å². The van der Waals surface area contributed by atoms with Gasteiger partial charge in [0.1, 0.15) is 48.3 Å². The highest BCUT2D eigenvalue weighted by Gasteiger charge is 2.42. The first kappa shape index (κ1) is 70.5. The molecule has 10 amide bonds. The Kier molecular flexibility index (Phi) is 27.8. The van der Waals surface area contributed by atoms with Crippen LogP contribution in [0.15, 0.2) is 30.3 Å². The maximum atomic E-state index is 15.0. The van der Waals surface area contributed by atoms with Crippen LogP contribution in [0, 0.1) is 17.8 Å². The number of rotatable bonds is 12. The summed E-state index contributed by atoms with van der Waals surface area (Å²) in [6.45, 7) is 19.2. The van der Waals surface area contributed by atoms with Gasteiger partial charge in [0.15, 0.2) is 0 Å². The predicted molar refractivity (Wildman–Crippen MR) is 316 cm³/mol. The summed E-state index contributed by atoms with van der Waals surface area (Å²) in [5, 5.41) is 19.5. The number of hydrogen-bond donors (Lipinski definition) is 4. The molecule has 2 fully saturated rings. The molecule has 0 radical (unpaired) electrons. The number of piperidine rings is 1. The van der Waals surface area contributed by atoms with E-state index in [0.717, 1.165) is 35.9 Å². The van der Waals surface area contributed by atoms with Crippen LogP contribution in [0.1, 0.15) is 120 Å². The average Bonchev–Trinajstić information content (AvgIpc) is 3.58. The summed E-state index contributed by atoms with van der Waals surface area (Å²) in [5.74, 6) is -7.42. The first-order valence-corrected chi connectivity index (χ1v) is 30.1. The summed E-state index contributed by atoms with van der Waals surface area (Å²) in [4.78, 5) is 154. The lowest BCUT2D eigenvalue weighted by molar-refractivity contribution is -0.151. The minimum atomic E-state index is -1.60. The van der Waals surface area contributed by atoms with Crippen molar-refractivity contribution in [2.75, 3.05) is 80.0 Å².